The highest BCUT2D eigenvalue weighted by atomic mass is 19.3. The summed E-state index contributed by atoms with van der Waals surface area (Å²) in [5, 5.41) is 0.731. The van der Waals surface area contributed by atoms with Gasteiger partial charge in [-0.2, -0.15) is 0 Å². The molecule has 4 heterocycles. The molecule has 2 aliphatic rings. The monoisotopic (exact) mass is 463 g/mol. The molecule has 0 atom stereocenters. The average Bonchev–Trinajstić information content (AvgIpc) is 3.42. The molecule has 0 saturated carbocycles. The Hall–Kier alpha value is -3.98. The predicted molar refractivity (Wildman–Crippen MR) is 120 cm³/mol. The second-order valence-corrected chi connectivity index (χ2v) is 8.11. The predicted octanol–water partition coefficient (Wildman–Crippen LogP) is 4.69. The lowest BCUT2D eigenvalue weighted by atomic mass is 10.00. The summed E-state index contributed by atoms with van der Waals surface area (Å²) >= 11 is 0. The van der Waals surface area contributed by atoms with Crippen LogP contribution in [-0.4, -0.2) is 53.4 Å². The second-order valence-electron chi connectivity index (χ2n) is 8.11. The maximum Gasteiger partial charge on any atom is 0.586 e. The summed E-state index contributed by atoms with van der Waals surface area (Å²) in [5.41, 5.74) is 3.93. The third kappa shape index (κ3) is 3.54. The summed E-state index contributed by atoms with van der Waals surface area (Å²) in [6.45, 7) is 2.20. The molecule has 1 fully saturated rings. The molecular formula is C25H19F2N3O4. The molecule has 2 aromatic heterocycles. The second kappa shape index (κ2) is 7.81. The van der Waals surface area contributed by atoms with Crippen molar-refractivity contribution in [2.24, 2.45) is 0 Å². The van der Waals surface area contributed by atoms with Gasteiger partial charge in [0.25, 0.3) is 5.91 Å². The van der Waals surface area contributed by atoms with Crippen LogP contribution in [0.2, 0.25) is 0 Å². The smallest absolute Gasteiger partial charge is 0.395 e. The minimum atomic E-state index is -3.71. The molecule has 2 aliphatic heterocycles. The fourth-order valence-corrected chi connectivity index (χ4v) is 4.35. The Bertz CT molecular complexity index is 1410. The molecule has 34 heavy (non-hydrogen) atoms. The quantitative estimate of drug-likeness (QED) is 0.477. The zero-order valence-electron chi connectivity index (χ0n) is 17.9. The van der Waals surface area contributed by atoms with Crippen LogP contribution in [-0.2, 0) is 4.74 Å². The molecule has 0 spiro atoms. The van der Waals surface area contributed by atoms with E-state index in [4.69, 9.17) is 9.47 Å². The van der Waals surface area contributed by atoms with Gasteiger partial charge in [-0.1, -0.05) is 24.3 Å². The number of nitrogens with one attached hydrogen (secondary N) is 1. The molecule has 0 unspecified atom stereocenters. The molecule has 6 rings (SSSR count). The summed E-state index contributed by atoms with van der Waals surface area (Å²) in [6.07, 6.45) is -0.291. The number of fused-ring (bicyclic) bond motifs is 2. The van der Waals surface area contributed by atoms with Gasteiger partial charge < -0.3 is 24.1 Å². The van der Waals surface area contributed by atoms with Crippen molar-refractivity contribution >= 4 is 16.9 Å². The van der Waals surface area contributed by atoms with E-state index in [2.05, 4.69) is 14.7 Å². The van der Waals surface area contributed by atoms with Crippen LogP contribution in [0.3, 0.4) is 0 Å². The molecule has 0 radical (unpaired) electrons. The van der Waals surface area contributed by atoms with Crippen LogP contribution in [0.25, 0.3) is 33.3 Å². The lowest BCUT2D eigenvalue weighted by Crippen LogP contribution is -2.40. The van der Waals surface area contributed by atoms with E-state index in [-0.39, 0.29) is 17.4 Å². The number of aromatic amines is 1. The van der Waals surface area contributed by atoms with Gasteiger partial charge in [0.1, 0.15) is 5.65 Å². The average molecular weight is 463 g/mol. The number of alkyl halides is 2. The Labute approximate surface area is 192 Å². The number of H-pyrrole nitrogens is 1. The van der Waals surface area contributed by atoms with E-state index in [1.807, 2.05) is 24.3 Å². The topological polar surface area (TPSA) is 76.7 Å². The Morgan fingerprint density at radius 3 is 2.68 bits per heavy atom. The van der Waals surface area contributed by atoms with Crippen molar-refractivity contribution in [3.8, 4) is 33.8 Å². The molecule has 2 aromatic carbocycles. The van der Waals surface area contributed by atoms with Gasteiger partial charge in [0, 0.05) is 53.1 Å². The van der Waals surface area contributed by atoms with Crippen molar-refractivity contribution in [2.75, 3.05) is 26.3 Å². The van der Waals surface area contributed by atoms with Gasteiger partial charge in [0.2, 0.25) is 0 Å². The summed E-state index contributed by atoms with van der Waals surface area (Å²) < 4.78 is 42.1. The Morgan fingerprint density at radius 2 is 1.82 bits per heavy atom. The number of nitrogens with zero attached hydrogens (tertiary/aromatic N) is 2. The fraction of sp³-hybridized carbons (Fsp3) is 0.200. The Kier molecular flexibility index (Phi) is 4.73. The third-order valence-electron chi connectivity index (χ3n) is 5.99. The maximum atomic E-state index is 13.7. The number of halogens is 2. The molecular weight excluding hydrogens is 444 g/mol. The maximum absolute atomic E-state index is 13.7. The van der Waals surface area contributed by atoms with Gasteiger partial charge in [-0.25, -0.2) is 4.98 Å². The summed E-state index contributed by atoms with van der Waals surface area (Å²) in [5.74, 6) is -0.0772. The molecule has 9 heteroatoms. The molecule has 172 valence electrons. The number of para-hydroxylation sites is 1. The number of rotatable bonds is 3. The van der Waals surface area contributed by atoms with E-state index >= 15 is 0 Å². The molecule has 1 amide bonds. The number of morpholine rings is 1. The zero-order valence-corrected chi connectivity index (χ0v) is 17.9. The number of pyridine rings is 1. The zero-order chi connectivity index (χ0) is 23.3. The van der Waals surface area contributed by atoms with Gasteiger partial charge in [0.15, 0.2) is 11.5 Å². The van der Waals surface area contributed by atoms with Crippen molar-refractivity contribution in [1.82, 2.24) is 14.9 Å². The van der Waals surface area contributed by atoms with Gasteiger partial charge in [-0.15, -0.1) is 8.78 Å². The van der Waals surface area contributed by atoms with E-state index < -0.39 is 6.29 Å². The van der Waals surface area contributed by atoms with E-state index in [0.717, 1.165) is 16.5 Å². The first-order valence-electron chi connectivity index (χ1n) is 10.8. The number of aromatic nitrogens is 2. The normalized spacial score (nSPS) is 16.7. The first kappa shape index (κ1) is 20.6. The van der Waals surface area contributed by atoms with Crippen LogP contribution in [0, 0.1) is 0 Å². The van der Waals surface area contributed by atoms with Crippen LogP contribution in [0.4, 0.5) is 8.78 Å². The SMILES string of the molecule is O=C(c1cccc(-c2cnc3[nH]cc(-c4cccc5c4OC(F)(F)O5)c3c2)c1)N1CCOCC1. The Morgan fingerprint density at radius 1 is 1.00 bits per heavy atom. The van der Waals surface area contributed by atoms with Gasteiger partial charge in [-0.05, 0) is 29.8 Å². The summed E-state index contributed by atoms with van der Waals surface area (Å²) in [6, 6.07) is 14.1. The number of carbonyl (C=O) groups is 1. The number of hydrogen-bond donors (Lipinski definition) is 1. The highest BCUT2D eigenvalue weighted by Crippen LogP contribution is 2.48. The minimum absolute atomic E-state index is 0.0168. The molecule has 1 N–H and O–H groups in total. The number of carbonyl (C=O) groups excluding carboxylic acids is 1. The van der Waals surface area contributed by atoms with E-state index in [0.29, 0.717) is 48.6 Å². The molecule has 0 bridgehead atoms. The van der Waals surface area contributed by atoms with Crippen LogP contribution < -0.4 is 9.47 Å². The number of hydrogen-bond acceptors (Lipinski definition) is 5. The number of benzene rings is 2. The van der Waals surface area contributed by atoms with Crippen molar-refractivity contribution in [2.45, 2.75) is 6.29 Å². The highest BCUT2D eigenvalue weighted by Gasteiger charge is 2.44. The first-order chi connectivity index (χ1) is 16.5. The van der Waals surface area contributed by atoms with Crippen LogP contribution >= 0.6 is 0 Å². The lowest BCUT2D eigenvalue weighted by molar-refractivity contribution is -0.286. The van der Waals surface area contributed by atoms with Crippen LogP contribution in [0.15, 0.2) is 60.9 Å². The van der Waals surface area contributed by atoms with E-state index in [9.17, 15) is 13.6 Å². The van der Waals surface area contributed by atoms with Crippen molar-refractivity contribution < 1.29 is 27.8 Å². The van der Waals surface area contributed by atoms with Crippen LogP contribution in [0.5, 0.6) is 11.5 Å². The number of ether oxygens (including phenoxy) is 3. The van der Waals surface area contributed by atoms with Crippen molar-refractivity contribution in [3.05, 3.63) is 66.5 Å². The van der Waals surface area contributed by atoms with Crippen molar-refractivity contribution in [3.63, 3.8) is 0 Å². The van der Waals surface area contributed by atoms with E-state index in [1.165, 1.54) is 6.07 Å². The molecule has 1 saturated heterocycles. The van der Waals surface area contributed by atoms with Crippen LogP contribution in [0.1, 0.15) is 10.4 Å². The van der Waals surface area contributed by atoms with Crippen molar-refractivity contribution in [1.29, 1.82) is 0 Å². The first-order valence-corrected chi connectivity index (χ1v) is 10.8. The third-order valence-corrected chi connectivity index (χ3v) is 5.99. The number of amides is 1. The Balaban J connectivity index is 1.39. The highest BCUT2D eigenvalue weighted by molar-refractivity contribution is 5.99. The largest absolute Gasteiger partial charge is 0.586 e. The molecule has 7 nitrogen and oxygen atoms in total. The lowest BCUT2D eigenvalue weighted by Gasteiger charge is -2.27. The van der Waals surface area contributed by atoms with Gasteiger partial charge >= 0.3 is 6.29 Å². The van der Waals surface area contributed by atoms with Gasteiger partial charge in [0.05, 0.1) is 13.2 Å². The molecule has 4 aromatic rings. The standard InChI is InChI=1S/C25H19F2N3O4/c26-25(27)33-21-6-2-5-18(22(21)34-25)20-14-29-23-19(20)12-17(13-28-23)15-3-1-4-16(11-15)24(31)30-7-9-32-10-8-30/h1-6,11-14H,7-10H2,(H,28,29). The van der Waals surface area contributed by atoms with E-state index in [1.54, 1.807) is 35.5 Å². The fourth-order valence-electron chi connectivity index (χ4n) is 4.35. The molecule has 0 aliphatic carbocycles. The summed E-state index contributed by atoms with van der Waals surface area (Å²) in [4.78, 5) is 22.3. The summed E-state index contributed by atoms with van der Waals surface area (Å²) in [7, 11) is 0. The minimum Gasteiger partial charge on any atom is -0.395 e. The van der Waals surface area contributed by atoms with Gasteiger partial charge in [-0.3, -0.25) is 4.79 Å².